The minimum atomic E-state index is -0.0437. The molecule has 1 N–H and O–H groups in total. The van der Waals surface area contributed by atoms with Gasteiger partial charge in [-0.3, -0.25) is 4.79 Å². The first-order valence-corrected chi connectivity index (χ1v) is 10.3. The van der Waals surface area contributed by atoms with Crippen LogP contribution < -0.4 is 5.32 Å². The van der Waals surface area contributed by atoms with Gasteiger partial charge in [0.1, 0.15) is 0 Å². The number of benzene rings is 1. The third-order valence-electron chi connectivity index (χ3n) is 7.71. The number of amides is 1. The van der Waals surface area contributed by atoms with Gasteiger partial charge >= 0.3 is 0 Å². The molecule has 3 nitrogen and oxygen atoms in total. The Morgan fingerprint density at radius 1 is 1.04 bits per heavy atom. The predicted molar refractivity (Wildman–Crippen MR) is 99.3 cm³/mol. The Hall–Kier alpha value is -1.35. The summed E-state index contributed by atoms with van der Waals surface area (Å²) in [7, 11) is 0. The molecule has 134 valence electrons. The molecule has 4 saturated carbocycles. The molecular weight excluding hydrogens is 308 g/mol. The first-order chi connectivity index (χ1) is 12.2. The maximum absolute atomic E-state index is 13.7. The summed E-state index contributed by atoms with van der Waals surface area (Å²) in [5.41, 5.74) is 1.73. The smallest absolute Gasteiger partial charge is 0.229 e. The molecule has 4 bridgehead atoms. The maximum Gasteiger partial charge on any atom is 0.229 e. The number of hydrogen-bond acceptors (Lipinski definition) is 2. The molecule has 5 fully saturated rings. The van der Waals surface area contributed by atoms with Gasteiger partial charge in [0.05, 0.1) is 5.41 Å². The van der Waals surface area contributed by atoms with Crippen LogP contribution in [0, 0.1) is 17.3 Å². The molecule has 6 rings (SSSR count). The second kappa shape index (κ2) is 5.84. The molecule has 5 aliphatic rings. The van der Waals surface area contributed by atoms with Crippen LogP contribution in [0.1, 0.15) is 50.5 Å². The van der Waals surface area contributed by atoms with E-state index in [1.807, 2.05) is 0 Å². The minimum Gasteiger partial charge on any atom is -0.341 e. The second-order valence-corrected chi connectivity index (χ2v) is 9.14. The van der Waals surface area contributed by atoms with Gasteiger partial charge in [-0.1, -0.05) is 30.3 Å². The number of nitrogens with one attached hydrogen (secondary N) is 1. The second-order valence-electron chi connectivity index (χ2n) is 9.14. The van der Waals surface area contributed by atoms with Gasteiger partial charge in [-0.25, -0.2) is 0 Å². The summed E-state index contributed by atoms with van der Waals surface area (Å²) < 4.78 is 0. The molecule has 0 spiro atoms. The van der Waals surface area contributed by atoms with Crippen LogP contribution >= 0.6 is 0 Å². The van der Waals surface area contributed by atoms with Gasteiger partial charge in [0.15, 0.2) is 0 Å². The van der Waals surface area contributed by atoms with Crippen LogP contribution in [0.2, 0.25) is 0 Å². The number of nitrogens with zero attached hydrogens (tertiary/aromatic N) is 1. The van der Waals surface area contributed by atoms with Gasteiger partial charge in [-0.05, 0) is 74.3 Å². The molecule has 1 heterocycles. The van der Waals surface area contributed by atoms with Crippen LogP contribution in [0.25, 0.3) is 0 Å². The number of carbonyl (C=O) groups is 1. The molecule has 1 amide bonds. The summed E-state index contributed by atoms with van der Waals surface area (Å²) in [4.78, 5) is 15.9. The van der Waals surface area contributed by atoms with Crippen LogP contribution in [0.5, 0.6) is 0 Å². The van der Waals surface area contributed by atoms with Crippen molar-refractivity contribution in [2.24, 2.45) is 17.3 Å². The highest BCUT2D eigenvalue weighted by Crippen LogP contribution is 2.71. The van der Waals surface area contributed by atoms with Crippen LogP contribution in [-0.4, -0.2) is 37.0 Å². The molecule has 1 aromatic carbocycles. The lowest BCUT2D eigenvalue weighted by atomic mass is 9.63. The quantitative estimate of drug-likeness (QED) is 0.897. The van der Waals surface area contributed by atoms with E-state index in [0.717, 1.165) is 51.4 Å². The average Bonchev–Trinajstić information content (AvgIpc) is 2.99. The third kappa shape index (κ3) is 2.38. The van der Waals surface area contributed by atoms with Crippen LogP contribution in [0.15, 0.2) is 30.3 Å². The Morgan fingerprint density at radius 2 is 1.92 bits per heavy atom. The largest absolute Gasteiger partial charge is 0.341 e. The molecule has 1 saturated heterocycles. The Balaban J connectivity index is 1.44. The van der Waals surface area contributed by atoms with Crippen molar-refractivity contribution in [3.63, 3.8) is 0 Å². The number of carbonyl (C=O) groups excluding carboxylic acids is 1. The summed E-state index contributed by atoms with van der Waals surface area (Å²) in [5.74, 6) is 1.89. The van der Waals surface area contributed by atoms with E-state index in [2.05, 4.69) is 40.5 Å². The number of hydrogen-bond donors (Lipinski definition) is 1. The summed E-state index contributed by atoms with van der Waals surface area (Å²) >= 11 is 0. The van der Waals surface area contributed by atoms with Crippen molar-refractivity contribution in [3.8, 4) is 0 Å². The zero-order valence-electron chi connectivity index (χ0n) is 15.2. The molecule has 0 radical (unpaired) electrons. The van der Waals surface area contributed by atoms with Gasteiger partial charge in [0.25, 0.3) is 0 Å². The fraction of sp³-hybridized carbons (Fsp3) is 0.682. The van der Waals surface area contributed by atoms with Gasteiger partial charge in [0.2, 0.25) is 5.91 Å². The van der Waals surface area contributed by atoms with E-state index in [1.54, 1.807) is 0 Å². The summed E-state index contributed by atoms with van der Waals surface area (Å²) in [6, 6.07) is 11.1. The Kier molecular flexibility index (Phi) is 3.70. The first-order valence-electron chi connectivity index (χ1n) is 10.3. The predicted octanol–water partition coefficient (Wildman–Crippen LogP) is 3.35. The van der Waals surface area contributed by atoms with Crippen molar-refractivity contribution in [2.45, 2.75) is 50.4 Å². The zero-order valence-corrected chi connectivity index (χ0v) is 15.2. The molecule has 1 aliphatic heterocycles. The van der Waals surface area contributed by atoms with Crippen molar-refractivity contribution >= 4 is 5.91 Å². The topological polar surface area (TPSA) is 32.3 Å². The van der Waals surface area contributed by atoms with Crippen molar-refractivity contribution in [3.05, 3.63) is 35.9 Å². The van der Waals surface area contributed by atoms with E-state index < -0.39 is 0 Å². The van der Waals surface area contributed by atoms with E-state index in [0.29, 0.717) is 11.8 Å². The van der Waals surface area contributed by atoms with Crippen molar-refractivity contribution < 1.29 is 4.79 Å². The van der Waals surface area contributed by atoms with Gasteiger partial charge < -0.3 is 10.2 Å². The van der Waals surface area contributed by atoms with Crippen molar-refractivity contribution in [1.82, 2.24) is 10.2 Å². The van der Waals surface area contributed by atoms with Crippen molar-refractivity contribution in [1.29, 1.82) is 0 Å². The zero-order chi connectivity index (χ0) is 16.9. The lowest BCUT2D eigenvalue weighted by molar-refractivity contribution is -0.144. The summed E-state index contributed by atoms with van der Waals surface area (Å²) in [5, 5.41) is 3.48. The van der Waals surface area contributed by atoms with E-state index in [1.165, 1.54) is 31.2 Å². The van der Waals surface area contributed by atoms with Gasteiger partial charge in [0, 0.05) is 19.6 Å². The van der Waals surface area contributed by atoms with Crippen LogP contribution in [0.3, 0.4) is 0 Å². The third-order valence-corrected chi connectivity index (χ3v) is 7.71. The van der Waals surface area contributed by atoms with E-state index >= 15 is 0 Å². The highest BCUT2D eigenvalue weighted by Gasteiger charge is 2.67. The Labute approximate surface area is 151 Å². The molecule has 0 aromatic heterocycles. The van der Waals surface area contributed by atoms with Gasteiger partial charge in [-0.2, -0.15) is 0 Å². The standard InChI is InChI=1S/C22H30N2O/c25-20(24-10-5-4-8-23-9-11-24)22-14-17-12-19(22)15-21(13-17,16-22)18-6-2-1-3-7-18/h1-3,6-7,17,19,23H,4-5,8-16H2. The first kappa shape index (κ1) is 15.9. The van der Waals surface area contributed by atoms with Gasteiger partial charge in [-0.15, -0.1) is 0 Å². The summed E-state index contributed by atoms with van der Waals surface area (Å²) in [6.07, 6.45) is 8.45. The monoisotopic (exact) mass is 338 g/mol. The Bertz CT molecular complexity index is 651. The molecule has 4 atom stereocenters. The molecule has 4 aliphatic carbocycles. The highest BCUT2D eigenvalue weighted by atomic mass is 16.2. The summed E-state index contributed by atoms with van der Waals surface area (Å²) in [6.45, 7) is 3.93. The lowest BCUT2D eigenvalue weighted by Crippen LogP contribution is -2.49. The fourth-order valence-electron chi connectivity index (χ4n) is 6.89. The molecule has 25 heavy (non-hydrogen) atoms. The molecule has 3 heteroatoms. The van der Waals surface area contributed by atoms with E-state index in [4.69, 9.17) is 0 Å². The average molecular weight is 338 g/mol. The van der Waals surface area contributed by atoms with Crippen molar-refractivity contribution in [2.75, 3.05) is 26.2 Å². The lowest BCUT2D eigenvalue weighted by Gasteiger charge is -2.42. The Morgan fingerprint density at radius 3 is 2.80 bits per heavy atom. The molecular formula is C22H30N2O. The molecule has 1 aromatic rings. The fourth-order valence-corrected chi connectivity index (χ4v) is 6.89. The molecule has 4 unspecified atom stereocenters. The van der Waals surface area contributed by atoms with Crippen LogP contribution in [-0.2, 0) is 10.2 Å². The normalized spacial score (nSPS) is 40.1. The van der Waals surface area contributed by atoms with Crippen LogP contribution in [0.4, 0.5) is 0 Å². The SMILES string of the molecule is O=C(N1CCCCNCC1)C12CC3CC1CC(c1ccccc1)(C3)C2. The minimum absolute atomic E-state index is 0.0437. The highest BCUT2D eigenvalue weighted by molar-refractivity contribution is 5.85. The maximum atomic E-state index is 13.7. The van der Waals surface area contributed by atoms with E-state index in [9.17, 15) is 4.79 Å². The van der Waals surface area contributed by atoms with E-state index in [-0.39, 0.29) is 10.8 Å². The number of rotatable bonds is 2.